The monoisotopic (exact) mass is 432 g/mol. The van der Waals surface area contributed by atoms with Gasteiger partial charge in [-0.1, -0.05) is 84.4 Å². The molecule has 6 rings (SSSR count). The first-order chi connectivity index (χ1) is 15.8. The van der Waals surface area contributed by atoms with E-state index in [2.05, 4.69) is 24.3 Å². The second kappa shape index (κ2) is 7.63. The predicted octanol–water partition coefficient (Wildman–Crippen LogP) is 8.03. The number of benzene rings is 4. The topological polar surface area (TPSA) is 38.9 Å². The Morgan fingerprint density at radius 2 is 1.28 bits per heavy atom. The Hall–Kier alpha value is -3.95. The quantitative estimate of drug-likeness (QED) is 0.284. The van der Waals surface area contributed by atoms with Gasteiger partial charge in [-0.05, 0) is 41.5 Å². The molecule has 0 aliphatic heterocycles. The van der Waals surface area contributed by atoms with Crippen LogP contribution < -0.4 is 0 Å². The lowest BCUT2D eigenvalue weighted by molar-refractivity contribution is 0.667. The lowest BCUT2D eigenvalue weighted by Gasteiger charge is -2.08. The third-order valence-electron chi connectivity index (χ3n) is 5.55. The molecule has 0 N–H and O–H groups in total. The van der Waals surface area contributed by atoms with E-state index in [0.29, 0.717) is 16.4 Å². The van der Waals surface area contributed by atoms with E-state index in [-0.39, 0.29) is 0 Å². The third-order valence-corrected chi connectivity index (χ3v) is 5.78. The van der Waals surface area contributed by atoms with E-state index in [4.69, 9.17) is 26.0 Å². The predicted molar refractivity (Wildman–Crippen MR) is 131 cm³/mol. The summed E-state index contributed by atoms with van der Waals surface area (Å²) in [5, 5.41) is 1.69. The van der Waals surface area contributed by atoms with E-state index in [9.17, 15) is 0 Å². The molecule has 0 radical (unpaired) electrons. The first kappa shape index (κ1) is 18.8. The van der Waals surface area contributed by atoms with Crippen LogP contribution in [0.25, 0.3) is 55.8 Å². The van der Waals surface area contributed by atoms with Crippen LogP contribution in [0.2, 0.25) is 5.02 Å². The van der Waals surface area contributed by atoms with Crippen LogP contribution in [0.15, 0.2) is 108 Å². The molecule has 0 saturated carbocycles. The zero-order valence-corrected chi connectivity index (χ0v) is 17.8. The van der Waals surface area contributed by atoms with Gasteiger partial charge in [-0.15, -0.1) is 0 Å². The van der Waals surface area contributed by atoms with Gasteiger partial charge >= 0.3 is 0 Å². The van der Waals surface area contributed by atoms with Gasteiger partial charge in [0.05, 0.1) is 0 Å². The number of hydrogen-bond donors (Lipinski definition) is 0. The van der Waals surface area contributed by atoms with Crippen LogP contribution >= 0.6 is 11.6 Å². The van der Waals surface area contributed by atoms with Crippen molar-refractivity contribution in [1.29, 1.82) is 0 Å². The van der Waals surface area contributed by atoms with Crippen molar-refractivity contribution in [2.24, 2.45) is 0 Å². The summed E-state index contributed by atoms with van der Waals surface area (Å²) >= 11 is 6.23. The number of rotatable bonds is 3. The minimum atomic E-state index is 0.674. The number of aromatic nitrogens is 2. The Bertz CT molecular complexity index is 1590. The number of para-hydroxylation sites is 1. The fraction of sp³-hybridized carbons (Fsp3) is 0. The molecule has 2 aromatic heterocycles. The molecule has 2 heterocycles. The summed E-state index contributed by atoms with van der Waals surface area (Å²) < 4.78 is 6.25. The molecule has 0 amide bonds. The highest BCUT2D eigenvalue weighted by Gasteiger charge is 2.18. The maximum atomic E-state index is 6.25. The lowest BCUT2D eigenvalue weighted by Crippen LogP contribution is -1.94. The fourth-order valence-electron chi connectivity index (χ4n) is 4.02. The van der Waals surface area contributed by atoms with Gasteiger partial charge in [-0.2, -0.15) is 0 Å². The van der Waals surface area contributed by atoms with Gasteiger partial charge in [0.15, 0.2) is 11.4 Å². The Balaban J connectivity index is 1.63. The number of fused-ring (bicyclic) bond motifs is 3. The molecule has 0 unspecified atom stereocenters. The molecule has 0 fully saturated rings. The SMILES string of the molecule is Clc1cccc(-c2cccc(-c3nc(-c4ccccc4)nc4c3oc3ccccc34)c2)c1. The minimum Gasteiger partial charge on any atom is -0.452 e. The van der Waals surface area contributed by atoms with E-state index < -0.39 is 0 Å². The molecule has 32 heavy (non-hydrogen) atoms. The molecule has 0 spiro atoms. The maximum Gasteiger partial charge on any atom is 0.180 e. The summed E-state index contributed by atoms with van der Waals surface area (Å²) in [6, 6.07) is 34.1. The molecular weight excluding hydrogens is 416 g/mol. The Morgan fingerprint density at radius 3 is 2.12 bits per heavy atom. The normalized spacial score (nSPS) is 11.3. The van der Waals surface area contributed by atoms with Gasteiger partial charge < -0.3 is 4.42 Å². The van der Waals surface area contributed by atoms with Crippen molar-refractivity contribution in [3.05, 3.63) is 108 Å². The van der Waals surface area contributed by atoms with Crippen molar-refractivity contribution in [1.82, 2.24) is 9.97 Å². The van der Waals surface area contributed by atoms with Crippen molar-refractivity contribution in [2.45, 2.75) is 0 Å². The number of hydrogen-bond acceptors (Lipinski definition) is 3. The summed E-state index contributed by atoms with van der Waals surface area (Å²) in [6.07, 6.45) is 0. The Kier molecular flexibility index (Phi) is 4.48. The third kappa shape index (κ3) is 3.24. The van der Waals surface area contributed by atoms with E-state index in [1.807, 2.05) is 78.9 Å². The molecule has 4 heteroatoms. The summed E-state index contributed by atoms with van der Waals surface area (Å²) in [5.74, 6) is 0.674. The van der Waals surface area contributed by atoms with Crippen molar-refractivity contribution in [3.8, 4) is 33.8 Å². The van der Waals surface area contributed by atoms with E-state index >= 15 is 0 Å². The summed E-state index contributed by atoms with van der Waals surface area (Å²) in [5.41, 5.74) is 7.12. The zero-order chi connectivity index (χ0) is 21.5. The van der Waals surface area contributed by atoms with E-state index in [1.165, 1.54) is 0 Å². The molecule has 0 aliphatic rings. The number of furan rings is 1. The average Bonchev–Trinajstić information content (AvgIpc) is 3.23. The summed E-state index contributed by atoms with van der Waals surface area (Å²) in [7, 11) is 0. The van der Waals surface area contributed by atoms with Crippen molar-refractivity contribution in [2.75, 3.05) is 0 Å². The first-order valence-electron chi connectivity index (χ1n) is 10.4. The van der Waals surface area contributed by atoms with Gasteiger partial charge in [0.1, 0.15) is 16.8 Å². The van der Waals surface area contributed by atoms with E-state index in [0.717, 1.165) is 44.4 Å². The second-order valence-electron chi connectivity index (χ2n) is 7.63. The molecule has 0 atom stereocenters. The van der Waals surface area contributed by atoms with Crippen LogP contribution in [-0.2, 0) is 0 Å². The Labute approximate surface area is 190 Å². The molecule has 6 aromatic rings. The van der Waals surface area contributed by atoms with E-state index in [1.54, 1.807) is 0 Å². The second-order valence-corrected chi connectivity index (χ2v) is 8.07. The minimum absolute atomic E-state index is 0.674. The van der Waals surface area contributed by atoms with Crippen molar-refractivity contribution in [3.63, 3.8) is 0 Å². The Morgan fingerprint density at radius 1 is 0.594 bits per heavy atom. The highest BCUT2D eigenvalue weighted by Crippen LogP contribution is 2.36. The van der Waals surface area contributed by atoms with Crippen LogP contribution in [0, 0.1) is 0 Å². The van der Waals surface area contributed by atoms with Gasteiger partial charge in [-0.25, -0.2) is 9.97 Å². The van der Waals surface area contributed by atoms with Gasteiger partial charge in [0.25, 0.3) is 0 Å². The first-order valence-corrected chi connectivity index (χ1v) is 10.8. The highest BCUT2D eigenvalue weighted by molar-refractivity contribution is 6.30. The van der Waals surface area contributed by atoms with Gasteiger partial charge in [-0.3, -0.25) is 0 Å². The van der Waals surface area contributed by atoms with Crippen LogP contribution in [0.4, 0.5) is 0 Å². The largest absolute Gasteiger partial charge is 0.452 e. The fourth-order valence-corrected chi connectivity index (χ4v) is 4.21. The standard InChI is InChI=1S/C28H17ClN2O/c29-22-13-7-11-20(17-22)19-10-6-12-21(16-19)25-27-26(23-14-4-5-15-24(23)32-27)31-28(30-25)18-8-2-1-3-9-18/h1-17H. The summed E-state index contributed by atoms with van der Waals surface area (Å²) in [6.45, 7) is 0. The van der Waals surface area contributed by atoms with Crippen LogP contribution in [0.3, 0.4) is 0 Å². The molecule has 0 saturated heterocycles. The zero-order valence-electron chi connectivity index (χ0n) is 17.0. The van der Waals surface area contributed by atoms with Crippen LogP contribution in [0.1, 0.15) is 0 Å². The molecular formula is C28H17ClN2O. The number of nitrogens with zero attached hydrogens (tertiary/aromatic N) is 2. The molecule has 0 aliphatic carbocycles. The molecule has 0 bridgehead atoms. The van der Waals surface area contributed by atoms with Gasteiger partial charge in [0.2, 0.25) is 0 Å². The summed E-state index contributed by atoms with van der Waals surface area (Å²) in [4.78, 5) is 9.85. The maximum absolute atomic E-state index is 6.25. The number of halogens is 1. The smallest absolute Gasteiger partial charge is 0.180 e. The van der Waals surface area contributed by atoms with Gasteiger partial charge in [0, 0.05) is 21.5 Å². The average molecular weight is 433 g/mol. The van der Waals surface area contributed by atoms with Crippen molar-refractivity contribution >= 4 is 33.7 Å². The lowest BCUT2D eigenvalue weighted by atomic mass is 10.0. The molecule has 4 aromatic carbocycles. The van der Waals surface area contributed by atoms with Crippen LogP contribution in [0.5, 0.6) is 0 Å². The van der Waals surface area contributed by atoms with Crippen molar-refractivity contribution < 1.29 is 4.42 Å². The highest BCUT2D eigenvalue weighted by atomic mass is 35.5. The van der Waals surface area contributed by atoms with Crippen LogP contribution in [-0.4, -0.2) is 9.97 Å². The molecule has 152 valence electrons. The molecule has 3 nitrogen and oxygen atoms in total.